The number of hydrogen-bond acceptors (Lipinski definition) is 6. The molecule has 2 rings (SSSR count). The van der Waals surface area contributed by atoms with E-state index in [0.29, 0.717) is 11.4 Å². The van der Waals surface area contributed by atoms with Crippen LogP contribution in [0.5, 0.6) is 0 Å². The lowest BCUT2D eigenvalue weighted by molar-refractivity contribution is -0.117. The Bertz CT molecular complexity index is 719. The molecule has 0 aliphatic rings. The van der Waals surface area contributed by atoms with Crippen LogP contribution in [0, 0.1) is 0 Å². The Morgan fingerprint density at radius 1 is 1.26 bits per heavy atom. The number of nitrogens with zero attached hydrogens (tertiary/aromatic N) is 2. The summed E-state index contributed by atoms with van der Waals surface area (Å²) < 4.78 is 0. The molecular formula is C15H18N6O2. The van der Waals surface area contributed by atoms with Crippen LogP contribution in [0.3, 0.4) is 0 Å². The van der Waals surface area contributed by atoms with Gasteiger partial charge in [-0.3, -0.25) is 14.9 Å². The summed E-state index contributed by atoms with van der Waals surface area (Å²) in [7, 11) is 0. The average molecular weight is 314 g/mol. The fourth-order valence-electron chi connectivity index (χ4n) is 1.84. The molecule has 0 aliphatic heterocycles. The summed E-state index contributed by atoms with van der Waals surface area (Å²) in [6, 6.07) is 8.04. The van der Waals surface area contributed by atoms with E-state index in [0.717, 1.165) is 5.56 Å². The predicted octanol–water partition coefficient (Wildman–Crippen LogP) is 0.327. The molecule has 23 heavy (non-hydrogen) atoms. The summed E-state index contributed by atoms with van der Waals surface area (Å²) >= 11 is 0. The summed E-state index contributed by atoms with van der Waals surface area (Å²) in [6.07, 6.45) is 1.54. The van der Waals surface area contributed by atoms with Crippen LogP contribution in [-0.2, 0) is 9.59 Å². The van der Waals surface area contributed by atoms with Gasteiger partial charge in [0.2, 0.25) is 17.8 Å². The second-order valence-electron chi connectivity index (χ2n) is 4.86. The Labute approximate surface area is 133 Å². The van der Waals surface area contributed by atoms with Gasteiger partial charge in [-0.2, -0.15) is 0 Å². The maximum atomic E-state index is 11.8. The van der Waals surface area contributed by atoms with Gasteiger partial charge in [-0.25, -0.2) is 9.97 Å². The van der Waals surface area contributed by atoms with Crippen LogP contribution < -0.4 is 22.1 Å². The quantitative estimate of drug-likeness (QED) is 0.627. The average Bonchev–Trinajstić information content (AvgIpc) is 2.54. The van der Waals surface area contributed by atoms with Gasteiger partial charge in [-0.1, -0.05) is 12.1 Å². The Hall–Kier alpha value is -2.84. The maximum absolute atomic E-state index is 11.8. The van der Waals surface area contributed by atoms with Gasteiger partial charge in [0.1, 0.15) is 0 Å². The predicted molar refractivity (Wildman–Crippen MR) is 87.4 cm³/mol. The van der Waals surface area contributed by atoms with Gasteiger partial charge >= 0.3 is 0 Å². The lowest BCUT2D eigenvalue weighted by Gasteiger charge is -2.11. The number of hydrogen-bond donors (Lipinski definition) is 4. The molecule has 1 aromatic heterocycles. The van der Waals surface area contributed by atoms with E-state index in [2.05, 4.69) is 20.6 Å². The number of benzene rings is 1. The Balaban J connectivity index is 2.22. The molecule has 1 heterocycles. The SMILES string of the molecule is CC(=O)Nc1nccc(-c2cccc(NC(=O)[C@@H](N)CN)c2)n1. The Morgan fingerprint density at radius 2 is 2.04 bits per heavy atom. The molecule has 0 radical (unpaired) electrons. The normalized spacial score (nSPS) is 11.6. The van der Waals surface area contributed by atoms with Gasteiger partial charge in [-0.05, 0) is 18.2 Å². The molecule has 0 bridgehead atoms. The Kier molecular flexibility index (Phi) is 5.34. The summed E-state index contributed by atoms with van der Waals surface area (Å²) in [6.45, 7) is 1.45. The van der Waals surface area contributed by atoms with Gasteiger partial charge in [-0.15, -0.1) is 0 Å². The number of nitrogens with one attached hydrogen (secondary N) is 2. The zero-order valence-corrected chi connectivity index (χ0v) is 12.6. The molecule has 0 fully saturated rings. The van der Waals surface area contributed by atoms with Crippen molar-refractivity contribution >= 4 is 23.5 Å². The highest BCUT2D eigenvalue weighted by Crippen LogP contribution is 2.21. The van der Waals surface area contributed by atoms with Crippen molar-refractivity contribution in [3.63, 3.8) is 0 Å². The van der Waals surface area contributed by atoms with E-state index in [9.17, 15) is 9.59 Å². The third-order valence-corrected chi connectivity index (χ3v) is 2.96. The molecule has 0 saturated carbocycles. The van der Waals surface area contributed by atoms with Gasteiger partial charge in [0.05, 0.1) is 11.7 Å². The van der Waals surface area contributed by atoms with Crippen molar-refractivity contribution in [2.45, 2.75) is 13.0 Å². The van der Waals surface area contributed by atoms with Crippen molar-refractivity contribution in [1.29, 1.82) is 0 Å². The van der Waals surface area contributed by atoms with Crippen LogP contribution in [0.25, 0.3) is 11.3 Å². The van der Waals surface area contributed by atoms with Crippen LogP contribution in [0.4, 0.5) is 11.6 Å². The summed E-state index contributed by atoms with van der Waals surface area (Å²) in [5.74, 6) is -0.389. The first-order valence-corrected chi connectivity index (χ1v) is 6.97. The van der Waals surface area contributed by atoms with Crippen molar-refractivity contribution in [3.05, 3.63) is 36.5 Å². The number of aromatic nitrogens is 2. The fraction of sp³-hybridized carbons (Fsp3) is 0.200. The zero-order valence-electron chi connectivity index (χ0n) is 12.6. The molecule has 2 amide bonds. The molecule has 1 atom stereocenters. The molecule has 2 aromatic rings. The first-order valence-electron chi connectivity index (χ1n) is 6.97. The minimum absolute atomic E-state index is 0.0670. The summed E-state index contributed by atoms with van der Waals surface area (Å²) in [5, 5.41) is 5.22. The van der Waals surface area contributed by atoms with E-state index in [4.69, 9.17) is 11.5 Å². The smallest absolute Gasteiger partial charge is 0.242 e. The molecular weight excluding hydrogens is 296 g/mol. The fourth-order valence-corrected chi connectivity index (χ4v) is 1.84. The van der Waals surface area contributed by atoms with Crippen molar-refractivity contribution in [3.8, 4) is 11.3 Å². The molecule has 6 N–H and O–H groups in total. The number of nitrogens with two attached hydrogens (primary N) is 2. The highest BCUT2D eigenvalue weighted by molar-refractivity contribution is 5.95. The monoisotopic (exact) mass is 314 g/mol. The van der Waals surface area contributed by atoms with Crippen LogP contribution in [0.1, 0.15) is 6.92 Å². The Morgan fingerprint density at radius 3 is 2.74 bits per heavy atom. The van der Waals surface area contributed by atoms with E-state index in [1.54, 1.807) is 30.5 Å². The third-order valence-electron chi connectivity index (χ3n) is 2.96. The van der Waals surface area contributed by atoms with Gasteiger partial charge in [0.25, 0.3) is 0 Å². The second kappa shape index (κ2) is 7.43. The lowest BCUT2D eigenvalue weighted by atomic mass is 10.1. The van der Waals surface area contributed by atoms with E-state index in [-0.39, 0.29) is 24.3 Å². The second-order valence-corrected chi connectivity index (χ2v) is 4.86. The van der Waals surface area contributed by atoms with Crippen LogP contribution in [0.15, 0.2) is 36.5 Å². The zero-order chi connectivity index (χ0) is 16.8. The molecule has 0 saturated heterocycles. The number of rotatable bonds is 5. The van der Waals surface area contributed by atoms with E-state index < -0.39 is 6.04 Å². The lowest BCUT2D eigenvalue weighted by Crippen LogP contribution is -2.41. The van der Waals surface area contributed by atoms with Gasteiger partial charge in [0.15, 0.2) is 0 Å². The van der Waals surface area contributed by atoms with Crippen molar-refractivity contribution in [2.24, 2.45) is 11.5 Å². The minimum atomic E-state index is -0.760. The van der Waals surface area contributed by atoms with Crippen molar-refractivity contribution in [1.82, 2.24) is 9.97 Å². The maximum Gasteiger partial charge on any atom is 0.242 e. The summed E-state index contributed by atoms with van der Waals surface area (Å²) in [4.78, 5) is 31.1. The van der Waals surface area contributed by atoms with E-state index in [1.165, 1.54) is 6.92 Å². The number of carbonyl (C=O) groups excluding carboxylic acids is 2. The first-order chi connectivity index (χ1) is 11.0. The molecule has 0 unspecified atom stereocenters. The van der Waals surface area contributed by atoms with Crippen LogP contribution in [-0.4, -0.2) is 34.4 Å². The highest BCUT2D eigenvalue weighted by Gasteiger charge is 2.12. The molecule has 1 aromatic carbocycles. The number of carbonyl (C=O) groups is 2. The minimum Gasteiger partial charge on any atom is -0.328 e. The molecule has 0 aliphatic carbocycles. The van der Waals surface area contributed by atoms with Crippen LogP contribution in [0.2, 0.25) is 0 Å². The summed E-state index contributed by atoms with van der Waals surface area (Å²) in [5.41, 5.74) is 12.9. The van der Waals surface area contributed by atoms with Crippen molar-refractivity contribution in [2.75, 3.05) is 17.2 Å². The molecule has 8 nitrogen and oxygen atoms in total. The van der Waals surface area contributed by atoms with E-state index in [1.807, 2.05) is 6.07 Å². The van der Waals surface area contributed by atoms with E-state index >= 15 is 0 Å². The van der Waals surface area contributed by atoms with Gasteiger partial charge in [0, 0.05) is 30.9 Å². The largest absolute Gasteiger partial charge is 0.328 e. The third kappa shape index (κ3) is 4.56. The standard InChI is InChI=1S/C15H18N6O2/c1-9(22)19-15-18-6-5-13(21-15)10-3-2-4-11(7-10)20-14(23)12(17)8-16/h2-7,12H,8,16-17H2,1H3,(H,20,23)(H,18,19,21,22)/t12-/m0/s1. The number of amides is 2. The molecule has 0 spiro atoms. The highest BCUT2D eigenvalue weighted by atomic mass is 16.2. The first kappa shape index (κ1) is 16.5. The number of anilines is 2. The molecule has 8 heteroatoms. The molecule has 120 valence electrons. The van der Waals surface area contributed by atoms with Crippen LogP contribution >= 0.6 is 0 Å². The topological polar surface area (TPSA) is 136 Å². The van der Waals surface area contributed by atoms with Crippen molar-refractivity contribution < 1.29 is 9.59 Å². The van der Waals surface area contributed by atoms with Gasteiger partial charge < -0.3 is 16.8 Å².